The zero-order valence-corrected chi connectivity index (χ0v) is 26.5. The number of nitrogens with one attached hydrogen (secondary N) is 2. The number of hydrogen-bond acceptors (Lipinski definition) is 9. The average molecular weight is 632 g/mol. The molecule has 5 heterocycles. The van der Waals surface area contributed by atoms with E-state index in [1.807, 2.05) is 42.2 Å². The van der Waals surface area contributed by atoms with Gasteiger partial charge in [0.1, 0.15) is 11.5 Å². The lowest BCUT2D eigenvalue weighted by atomic mass is 9.98. The van der Waals surface area contributed by atoms with Gasteiger partial charge in [0, 0.05) is 68.5 Å². The summed E-state index contributed by atoms with van der Waals surface area (Å²) >= 11 is 0. The minimum absolute atomic E-state index is 0.212. The molecule has 0 unspecified atom stereocenters. The van der Waals surface area contributed by atoms with Crippen LogP contribution < -0.4 is 5.32 Å². The van der Waals surface area contributed by atoms with Gasteiger partial charge in [0.25, 0.3) is 0 Å². The van der Waals surface area contributed by atoms with Crippen molar-refractivity contribution in [3.63, 3.8) is 0 Å². The highest BCUT2D eigenvalue weighted by atomic mass is 16.5. The Hall–Kier alpha value is -5.33. The number of methoxy groups -OCH3 is 1. The van der Waals surface area contributed by atoms with Crippen LogP contribution in [0, 0.1) is 6.92 Å². The molecule has 0 bridgehead atoms. The van der Waals surface area contributed by atoms with E-state index in [0.29, 0.717) is 25.3 Å². The van der Waals surface area contributed by atoms with E-state index < -0.39 is 0 Å². The van der Waals surface area contributed by atoms with Gasteiger partial charge in [0.15, 0.2) is 5.82 Å². The van der Waals surface area contributed by atoms with Crippen LogP contribution in [-0.4, -0.2) is 98.2 Å². The molecule has 2 N–H and O–H groups in total. The minimum atomic E-state index is 0.212. The maximum atomic E-state index is 12.6. The van der Waals surface area contributed by atoms with Crippen LogP contribution in [0.15, 0.2) is 79.3 Å². The summed E-state index contributed by atoms with van der Waals surface area (Å²) in [6.45, 7) is 5.58. The molecule has 12 heteroatoms. The third-order valence-electron chi connectivity index (χ3n) is 8.37. The number of nitrogens with zero attached hydrogens (tertiary/aromatic N) is 7. The fraction of sp³-hybridized carbons (Fsp3) is 0.286. The summed E-state index contributed by atoms with van der Waals surface area (Å²) < 4.78 is 5.38. The van der Waals surface area contributed by atoms with Crippen LogP contribution in [0.3, 0.4) is 0 Å². The molecule has 2 aliphatic rings. The Morgan fingerprint density at radius 1 is 1.04 bits per heavy atom. The zero-order chi connectivity index (χ0) is 32.6. The van der Waals surface area contributed by atoms with E-state index in [-0.39, 0.29) is 12.0 Å². The van der Waals surface area contributed by atoms with Crippen molar-refractivity contribution < 1.29 is 14.3 Å². The number of aromatic amines is 1. The van der Waals surface area contributed by atoms with Gasteiger partial charge in [-0.15, -0.1) is 0 Å². The zero-order valence-electron chi connectivity index (χ0n) is 26.5. The second kappa shape index (κ2) is 14.8. The highest BCUT2D eigenvalue weighted by Gasteiger charge is 2.26. The number of aryl methyl sites for hydroxylation is 1. The number of hydrogen-bond donors (Lipinski definition) is 2. The summed E-state index contributed by atoms with van der Waals surface area (Å²) in [7, 11) is 1.74. The van der Waals surface area contributed by atoms with E-state index in [9.17, 15) is 9.59 Å². The number of carbonyl (C=O) groups is 2. The summed E-state index contributed by atoms with van der Waals surface area (Å²) in [5.41, 5.74) is 6.62. The third-order valence-corrected chi connectivity index (χ3v) is 8.37. The van der Waals surface area contributed by atoms with E-state index >= 15 is 0 Å². The van der Waals surface area contributed by atoms with Gasteiger partial charge in [-0.1, -0.05) is 30.3 Å². The number of fused-ring (bicyclic) bond motifs is 1. The lowest BCUT2D eigenvalue weighted by Crippen LogP contribution is -2.41. The number of aromatic nitrogens is 6. The van der Waals surface area contributed by atoms with Gasteiger partial charge in [0.05, 0.1) is 23.9 Å². The topological polar surface area (TPSA) is 142 Å². The van der Waals surface area contributed by atoms with E-state index in [0.717, 1.165) is 71.8 Å². The molecule has 1 saturated heterocycles. The van der Waals surface area contributed by atoms with Crippen molar-refractivity contribution >= 4 is 34.5 Å². The van der Waals surface area contributed by atoms with Crippen molar-refractivity contribution in [3.05, 3.63) is 90.7 Å². The number of carbonyl (C=O) groups excluding carboxylic acids is 2. The third kappa shape index (κ3) is 7.74. The predicted octanol–water partition coefficient (Wildman–Crippen LogP) is 4.38. The van der Waals surface area contributed by atoms with Crippen LogP contribution in [0.2, 0.25) is 0 Å². The van der Waals surface area contributed by atoms with Crippen LogP contribution in [0.5, 0.6) is 0 Å². The molecule has 0 spiro atoms. The molecule has 1 fully saturated rings. The Balaban J connectivity index is 0.000000177. The van der Waals surface area contributed by atoms with Crippen molar-refractivity contribution in [3.8, 4) is 22.8 Å². The molecule has 47 heavy (non-hydrogen) atoms. The summed E-state index contributed by atoms with van der Waals surface area (Å²) in [4.78, 5) is 44.2. The molecule has 0 saturated carbocycles. The second-order valence-corrected chi connectivity index (χ2v) is 11.4. The van der Waals surface area contributed by atoms with E-state index in [2.05, 4.69) is 70.7 Å². The first-order chi connectivity index (χ1) is 23.0. The normalized spacial score (nSPS) is 16.3. The van der Waals surface area contributed by atoms with E-state index in [1.54, 1.807) is 25.7 Å². The number of amides is 2. The van der Waals surface area contributed by atoms with Crippen LogP contribution in [0.25, 0.3) is 39.3 Å². The second-order valence-electron chi connectivity index (χ2n) is 11.4. The monoisotopic (exact) mass is 631 g/mol. The average Bonchev–Trinajstić information content (AvgIpc) is 3.76. The van der Waals surface area contributed by atoms with Gasteiger partial charge < -0.3 is 15.0 Å². The fourth-order valence-electron chi connectivity index (χ4n) is 5.82. The lowest BCUT2D eigenvalue weighted by molar-refractivity contribution is -0.131. The number of anilines is 1. The summed E-state index contributed by atoms with van der Waals surface area (Å²) in [6, 6.07) is 17.5. The maximum Gasteiger partial charge on any atom is 0.237 e. The highest BCUT2D eigenvalue weighted by molar-refractivity contribution is 5.95. The summed E-state index contributed by atoms with van der Waals surface area (Å²) in [5.74, 6) is 1.64. The van der Waals surface area contributed by atoms with Crippen molar-refractivity contribution in [2.24, 2.45) is 0 Å². The first kappa shape index (κ1) is 31.6. The molecule has 2 amide bonds. The number of H-pyrrole nitrogens is 1. The Morgan fingerprint density at radius 3 is 2.55 bits per heavy atom. The summed E-state index contributed by atoms with van der Waals surface area (Å²) in [6.07, 6.45) is 10.2. The fourth-order valence-corrected chi connectivity index (χ4v) is 5.82. The standard InChI is InChI=1S/C22H26N4O2.C13H11N5O/c1-28-20-9-12-25(15-20)16-21(27)26-13-7-18(8-14-26)17-3-5-19(6-4-17)22-23-10-2-11-24-22;1-8-14-5-4-12(16-8)13-10-6-9(15-7-19)2-3-11(10)17-18-13/h2-7,10-11,20H,8-9,12-16H2,1H3;2-7H,1H3,(H,15,19)(H,17,18)/t20-;/m0./s1. The number of ether oxygens (including phenoxy) is 1. The Kier molecular flexibility index (Phi) is 9.99. The SMILES string of the molecule is CO[C@H]1CCN(CC(=O)N2CC=C(c3ccc(-c4ncccn4)cc3)CC2)C1.Cc1nccc(-c2n[nH]c3ccc(NC=O)cc23)n1. The van der Waals surface area contributed by atoms with Crippen LogP contribution in [0.4, 0.5) is 5.69 Å². The molecule has 5 aromatic rings. The molecule has 12 nitrogen and oxygen atoms in total. The molecule has 2 aliphatic heterocycles. The van der Waals surface area contributed by atoms with E-state index in [1.165, 1.54) is 11.1 Å². The Labute approximate surface area is 272 Å². The van der Waals surface area contributed by atoms with Crippen LogP contribution >= 0.6 is 0 Å². The number of likely N-dealkylation sites (tertiary alicyclic amines) is 1. The first-order valence-electron chi connectivity index (χ1n) is 15.6. The van der Waals surface area contributed by atoms with Crippen LogP contribution in [0.1, 0.15) is 24.2 Å². The Morgan fingerprint density at radius 2 is 1.85 bits per heavy atom. The van der Waals surface area contributed by atoms with Gasteiger partial charge in [-0.05, 0) is 61.2 Å². The smallest absolute Gasteiger partial charge is 0.237 e. The molecule has 0 radical (unpaired) electrons. The highest BCUT2D eigenvalue weighted by Crippen LogP contribution is 2.27. The number of rotatable bonds is 8. The molecule has 3 aromatic heterocycles. The first-order valence-corrected chi connectivity index (χ1v) is 15.6. The van der Waals surface area contributed by atoms with Gasteiger partial charge >= 0.3 is 0 Å². The van der Waals surface area contributed by atoms with Gasteiger partial charge in [-0.2, -0.15) is 5.10 Å². The van der Waals surface area contributed by atoms with Crippen molar-refractivity contribution in [2.75, 3.05) is 45.2 Å². The van der Waals surface area contributed by atoms with Crippen molar-refractivity contribution in [2.45, 2.75) is 25.9 Å². The summed E-state index contributed by atoms with van der Waals surface area (Å²) in [5, 5.41) is 10.8. The molecule has 7 rings (SSSR count). The molecule has 2 aromatic carbocycles. The van der Waals surface area contributed by atoms with Gasteiger partial charge in [-0.25, -0.2) is 19.9 Å². The number of benzene rings is 2. The van der Waals surface area contributed by atoms with Crippen molar-refractivity contribution in [1.29, 1.82) is 0 Å². The van der Waals surface area contributed by atoms with E-state index in [4.69, 9.17) is 4.74 Å². The maximum absolute atomic E-state index is 12.6. The van der Waals surface area contributed by atoms with Gasteiger partial charge in [0.2, 0.25) is 12.3 Å². The largest absolute Gasteiger partial charge is 0.380 e. The quantitative estimate of drug-likeness (QED) is 0.239. The lowest BCUT2D eigenvalue weighted by Gasteiger charge is -2.28. The predicted molar refractivity (Wildman–Crippen MR) is 180 cm³/mol. The molecule has 1 atom stereocenters. The minimum Gasteiger partial charge on any atom is -0.380 e. The van der Waals surface area contributed by atoms with Crippen LogP contribution in [-0.2, 0) is 14.3 Å². The Bertz CT molecular complexity index is 1860. The molecular formula is C35H37N9O3. The molecule has 0 aliphatic carbocycles. The van der Waals surface area contributed by atoms with Crippen molar-refractivity contribution in [1.82, 2.24) is 39.9 Å². The molecular weight excluding hydrogens is 594 g/mol. The molecule has 240 valence electrons. The van der Waals surface area contributed by atoms with Gasteiger partial charge in [-0.3, -0.25) is 19.6 Å².